The maximum atomic E-state index is 13.3. The van der Waals surface area contributed by atoms with Crippen LogP contribution in [0.25, 0.3) is 0 Å². The zero-order valence-electron chi connectivity index (χ0n) is 21.6. The third-order valence-electron chi connectivity index (χ3n) is 5.72. The van der Waals surface area contributed by atoms with Crippen LogP contribution in [-0.4, -0.2) is 50.0 Å². The number of carbonyl (C=O) groups excluding carboxylic acids is 2. The van der Waals surface area contributed by atoms with Crippen molar-refractivity contribution in [1.29, 1.82) is 0 Å². The molecule has 1 unspecified atom stereocenters. The summed E-state index contributed by atoms with van der Waals surface area (Å²) in [5.74, 6) is -0.534. The van der Waals surface area contributed by atoms with Crippen molar-refractivity contribution in [3.05, 3.63) is 63.1 Å². The van der Waals surface area contributed by atoms with Crippen LogP contribution in [0.15, 0.2) is 36.4 Å². The van der Waals surface area contributed by atoms with Gasteiger partial charge in [-0.05, 0) is 75.9 Å². The van der Waals surface area contributed by atoms with Gasteiger partial charge in [0.1, 0.15) is 6.04 Å². The number of aryl methyl sites for hydroxylation is 2. The van der Waals surface area contributed by atoms with Crippen molar-refractivity contribution in [2.24, 2.45) is 0 Å². The molecule has 0 aromatic heterocycles. The first-order valence-electron chi connectivity index (χ1n) is 11.8. The van der Waals surface area contributed by atoms with E-state index < -0.39 is 16.1 Å². The van der Waals surface area contributed by atoms with E-state index in [1.54, 1.807) is 25.1 Å². The summed E-state index contributed by atoms with van der Waals surface area (Å²) in [5.41, 5.74) is 3.10. The number of rotatable bonds is 11. The quantitative estimate of drug-likeness (QED) is 0.418. The van der Waals surface area contributed by atoms with Crippen LogP contribution in [0, 0.1) is 13.8 Å². The van der Waals surface area contributed by atoms with Gasteiger partial charge in [-0.25, -0.2) is 8.42 Å². The highest BCUT2D eigenvalue weighted by Gasteiger charge is 2.27. The van der Waals surface area contributed by atoms with E-state index in [-0.39, 0.29) is 43.8 Å². The summed E-state index contributed by atoms with van der Waals surface area (Å²) in [6.07, 6.45) is 1.51. The highest BCUT2D eigenvalue weighted by molar-refractivity contribution is 7.92. The average molecular weight is 557 g/mol. The Morgan fingerprint density at radius 3 is 2.25 bits per heavy atom. The number of nitrogens with one attached hydrogen (secondary N) is 1. The van der Waals surface area contributed by atoms with Crippen molar-refractivity contribution in [3.63, 3.8) is 0 Å². The van der Waals surface area contributed by atoms with Crippen molar-refractivity contribution in [1.82, 2.24) is 10.2 Å². The molecule has 0 aliphatic heterocycles. The van der Waals surface area contributed by atoms with E-state index in [1.807, 2.05) is 45.9 Å². The van der Waals surface area contributed by atoms with Gasteiger partial charge in [0.15, 0.2) is 0 Å². The monoisotopic (exact) mass is 555 g/mol. The van der Waals surface area contributed by atoms with Gasteiger partial charge in [-0.3, -0.25) is 13.9 Å². The molecule has 0 aliphatic carbocycles. The normalized spacial score (nSPS) is 12.4. The van der Waals surface area contributed by atoms with Gasteiger partial charge in [-0.1, -0.05) is 41.4 Å². The molecule has 2 aromatic rings. The lowest BCUT2D eigenvalue weighted by Gasteiger charge is -2.30. The molecule has 7 nitrogen and oxygen atoms in total. The molecular weight excluding hydrogens is 521 g/mol. The van der Waals surface area contributed by atoms with Crippen LogP contribution in [0.2, 0.25) is 10.0 Å². The zero-order valence-corrected chi connectivity index (χ0v) is 24.0. The summed E-state index contributed by atoms with van der Waals surface area (Å²) >= 11 is 12.2. The lowest BCUT2D eigenvalue weighted by molar-refractivity contribution is -0.140. The summed E-state index contributed by atoms with van der Waals surface area (Å²) in [6.45, 7) is 9.43. The maximum absolute atomic E-state index is 13.3. The molecule has 0 bridgehead atoms. The van der Waals surface area contributed by atoms with Gasteiger partial charge >= 0.3 is 0 Å². The van der Waals surface area contributed by atoms with Crippen molar-refractivity contribution in [2.75, 3.05) is 17.1 Å². The minimum atomic E-state index is -3.56. The summed E-state index contributed by atoms with van der Waals surface area (Å²) < 4.78 is 26.5. The van der Waals surface area contributed by atoms with Gasteiger partial charge in [0, 0.05) is 25.6 Å². The third-order valence-corrected chi connectivity index (χ3v) is 7.64. The average Bonchev–Trinajstić information content (AvgIpc) is 2.77. The largest absolute Gasteiger partial charge is 0.352 e. The van der Waals surface area contributed by atoms with Gasteiger partial charge in [0.2, 0.25) is 21.8 Å². The predicted octanol–water partition coefficient (Wildman–Crippen LogP) is 5.10. The van der Waals surface area contributed by atoms with E-state index in [0.29, 0.717) is 15.7 Å². The van der Waals surface area contributed by atoms with Crippen LogP contribution in [-0.2, 0) is 26.2 Å². The van der Waals surface area contributed by atoms with Crippen LogP contribution in [0.1, 0.15) is 50.3 Å². The van der Waals surface area contributed by atoms with Crippen molar-refractivity contribution in [2.45, 2.75) is 66.1 Å². The van der Waals surface area contributed by atoms with Gasteiger partial charge < -0.3 is 10.2 Å². The molecular formula is C26H35Cl2N3O4S. The molecule has 198 valence electrons. The Bertz CT molecular complexity index is 1200. The first-order chi connectivity index (χ1) is 16.7. The number of anilines is 1. The highest BCUT2D eigenvalue weighted by atomic mass is 35.5. The minimum Gasteiger partial charge on any atom is -0.352 e. The van der Waals surface area contributed by atoms with Crippen LogP contribution >= 0.6 is 23.2 Å². The molecule has 1 N–H and O–H groups in total. The SMILES string of the molecule is Cc1ccc(C)c(N(CCCC(=O)N(Cc2ccc(Cl)c(Cl)c2)C(C)C(=O)NC(C)C)S(C)(=O)=O)c1. The van der Waals surface area contributed by atoms with Crippen molar-refractivity contribution >= 4 is 50.7 Å². The summed E-state index contributed by atoms with van der Waals surface area (Å²) in [5, 5.41) is 3.60. The van der Waals surface area contributed by atoms with E-state index in [0.717, 1.165) is 22.9 Å². The molecule has 2 amide bonds. The number of amides is 2. The second kappa shape index (κ2) is 12.8. The molecule has 2 aromatic carbocycles. The molecule has 0 saturated carbocycles. The Labute approximate surface area is 224 Å². The fourth-order valence-electron chi connectivity index (χ4n) is 3.79. The van der Waals surface area contributed by atoms with Gasteiger partial charge in [-0.15, -0.1) is 0 Å². The molecule has 2 rings (SSSR count). The number of hydrogen-bond acceptors (Lipinski definition) is 4. The molecule has 10 heteroatoms. The molecule has 0 radical (unpaired) electrons. The fourth-order valence-corrected chi connectivity index (χ4v) is 5.13. The first-order valence-corrected chi connectivity index (χ1v) is 14.4. The van der Waals surface area contributed by atoms with E-state index in [2.05, 4.69) is 5.32 Å². The molecule has 0 spiro atoms. The number of halogens is 2. The molecule has 0 fully saturated rings. The second-order valence-electron chi connectivity index (χ2n) is 9.34. The van der Waals surface area contributed by atoms with E-state index in [1.165, 1.54) is 9.21 Å². The van der Waals surface area contributed by atoms with Crippen molar-refractivity contribution in [3.8, 4) is 0 Å². The Hall–Kier alpha value is -2.29. The highest BCUT2D eigenvalue weighted by Crippen LogP contribution is 2.26. The Kier molecular flexibility index (Phi) is 10.6. The molecule has 0 aliphatic rings. The molecule has 1 atom stereocenters. The smallest absolute Gasteiger partial charge is 0.242 e. The van der Waals surface area contributed by atoms with E-state index in [9.17, 15) is 18.0 Å². The number of sulfonamides is 1. The number of nitrogens with zero attached hydrogens (tertiary/aromatic N) is 2. The molecule has 0 saturated heterocycles. The molecule has 36 heavy (non-hydrogen) atoms. The van der Waals surface area contributed by atoms with Crippen molar-refractivity contribution < 1.29 is 18.0 Å². The van der Waals surface area contributed by atoms with Gasteiger partial charge in [0.05, 0.1) is 22.0 Å². The Morgan fingerprint density at radius 1 is 1.00 bits per heavy atom. The minimum absolute atomic E-state index is 0.0670. The zero-order chi connectivity index (χ0) is 27.2. The van der Waals surface area contributed by atoms with Gasteiger partial charge in [-0.2, -0.15) is 0 Å². The van der Waals surface area contributed by atoms with E-state index in [4.69, 9.17) is 23.2 Å². The molecule has 0 heterocycles. The van der Waals surface area contributed by atoms with Crippen LogP contribution < -0.4 is 9.62 Å². The lowest BCUT2D eigenvalue weighted by Crippen LogP contribution is -2.49. The number of carbonyl (C=O) groups is 2. The maximum Gasteiger partial charge on any atom is 0.242 e. The van der Waals surface area contributed by atoms with Gasteiger partial charge in [0.25, 0.3) is 0 Å². The topological polar surface area (TPSA) is 86.8 Å². The summed E-state index contributed by atoms with van der Waals surface area (Å²) in [4.78, 5) is 27.6. The second-order valence-corrected chi connectivity index (χ2v) is 12.1. The standard InChI is InChI=1S/C26H35Cl2N3O4S/c1-17(2)29-26(33)20(5)30(16-21-11-12-22(27)23(28)15-21)25(32)8-7-13-31(36(6,34)35)24-14-18(3)9-10-19(24)4/h9-12,14-15,17,20H,7-8,13,16H2,1-6H3,(H,29,33). The fraction of sp³-hybridized carbons (Fsp3) is 0.462. The van der Waals surface area contributed by atoms with Crippen LogP contribution in [0.5, 0.6) is 0 Å². The summed E-state index contributed by atoms with van der Waals surface area (Å²) in [6, 6.07) is 9.88. The Balaban J connectivity index is 2.23. The van der Waals surface area contributed by atoms with Crippen LogP contribution in [0.4, 0.5) is 5.69 Å². The Morgan fingerprint density at radius 2 is 1.67 bits per heavy atom. The number of benzene rings is 2. The van der Waals surface area contributed by atoms with E-state index >= 15 is 0 Å². The van der Waals surface area contributed by atoms with Crippen LogP contribution in [0.3, 0.4) is 0 Å². The number of hydrogen-bond donors (Lipinski definition) is 1. The predicted molar refractivity (Wildman–Crippen MR) is 147 cm³/mol. The summed E-state index contributed by atoms with van der Waals surface area (Å²) in [7, 11) is -3.56. The first kappa shape index (κ1) is 29.9. The lowest BCUT2D eigenvalue weighted by atomic mass is 10.1. The third kappa shape index (κ3) is 8.39.